The summed E-state index contributed by atoms with van der Waals surface area (Å²) in [5, 5.41) is 0. The second kappa shape index (κ2) is 7.74. The molecule has 0 saturated heterocycles. The van der Waals surface area contributed by atoms with E-state index in [-0.39, 0.29) is 16.7 Å². The van der Waals surface area contributed by atoms with Crippen LogP contribution in [0.5, 0.6) is 0 Å². The summed E-state index contributed by atoms with van der Waals surface area (Å²) >= 11 is 0. The molecular formula is C16H26N2O3S. The van der Waals surface area contributed by atoms with Gasteiger partial charge in [-0.15, -0.1) is 0 Å². The monoisotopic (exact) mass is 326 g/mol. The standard InChI is InChI=1S/C16H26N2O3S/c1-6-18(5)16(19)15(11-12(2)3)17-22(20,21)14-9-7-13(4)8-10-14/h7-10,12,15,17H,6,11H2,1-5H3. The molecule has 0 heterocycles. The summed E-state index contributed by atoms with van der Waals surface area (Å²) in [4.78, 5) is 14.1. The lowest BCUT2D eigenvalue weighted by Gasteiger charge is -2.24. The molecule has 0 fully saturated rings. The van der Waals surface area contributed by atoms with Gasteiger partial charge in [-0.25, -0.2) is 8.42 Å². The van der Waals surface area contributed by atoms with E-state index in [0.29, 0.717) is 13.0 Å². The first-order chi connectivity index (χ1) is 10.2. The Bertz CT molecular complexity index is 594. The quantitative estimate of drug-likeness (QED) is 0.835. The molecule has 124 valence electrons. The molecule has 22 heavy (non-hydrogen) atoms. The van der Waals surface area contributed by atoms with E-state index in [1.54, 1.807) is 31.3 Å². The van der Waals surface area contributed by atoms with Crippen molar-refractivity contribution in [2.75, 3.05) is 13.6 Å². The van der Waals surface area contributed by atoms with Crippen LogP contribution < -0.4 is 4.72 Å². The Kier molecular flexibility index (Phi) is 6.56. The molecule has 0 aliphatic heterocycles. The van der Waals surface area contributed by atoms with Crippen molar-refractivity contribution in [2.24, 2.45) is 5.92 Å². The lowest BCUT2D eigenvalue weighted by molar-refractivity contribution is -0.131. The zero-order valence-corrected chi connectivity index (χ0v) is 14.8. The van der Waals surface area contributed by atoms with E-state index in [1.165, 1.54) is 4.90 Å². The molecule has 0 aliphatic rings. The van der Waals surface area contributed by atoms with E-state index in [2.05, 4.69) is 4.72 Å². The molecule has 6 heteroatoms. The number of nitrogens with one attached hydrogen (secondary N) is 1. The minimum atomic E-state index is -3.71. The lowest BCUT2D eigenvalue weighted by Crippen LogP contribution is -2.47. The summed E-state index contributed by atoms with van der Waals surface area (Å²) in [7, 11) is -2.03. The van der Waals surface area contributed by atoms with Gasteiger partial charge in [0.25, 0.3) is 0 Å². The van der Waals surface area contributed by atoms with Crippen LogP contribution in [0, 0.1) is 12.8 Å². The Balaban J connectivity index is 3.01. The van der Waals surface area contributed by atoms with Gasteiger partial charge in [0, 0.05) is 13.6 Å². The number of rotatable bonds is 7. The minimum Gasteiger partial charge on any atom is -0.345 e. The fraction of sp³-hybridized carbons (Fsp3) is 0.562. The molecule has 1 N–H and O–H groups in total. The van der Waals surface area contributed by atoms with Gasteiger partial charge in [-0.2, -0.15) is 4.72 Å². The highest BCUT2D eigenvalue weighted by Crippen LogP contribution is 2.14. The van der Waals surface area contributed by atoms with Crippen LogP contribution >= 0.6 is 0 Å². The number of hydrogen-bond donors (Lipinski definition) is 1. The first-order valence-corrected chi connectivity index (χ1v) is 8.99. The van der Waals surface area contributed by atoms with E-state index in [4.69, 9.17) is 0 Å². The van der Waals surface area contributed by atoms with E-state index in [1.807, 2.05) is 27.7 Å². The van der Waals surface area contributed by atoms with Crippen molar-refractivity contribution in [2.45, 2.75) is 45.1 Å². The molecular weight excluding hydrogens is 300 g/mol. The Morgan fingerprint density at radius 2 is 1.77 bits per heavy atom. The maximum Gasteiger partial charge on any atom is 0.241 e. The van der Waals surface area contributed by atoms with Crippen molar-refractivity contribution in [3.63, 3.8) is 0 Å². The number of sulfonamides is 1. The molecule has 1 amide bonds. The highest BCUT2D eigenvalue weighted by atomic mass is 32.2. The largest absolute Gasteiger partial charge is 0.345 e. The number of likely N-dealkylation sites (N-methyl/N-ethyl adjacent to an activating group) is 1. The SMILES string of the molecule is CCN(C)C(=O)C(CC(C)C)NS(=O)(=O)c1ccc(C)cc1. The van der Waals surface area contributed by atoms with Gasteiger partial charge < -0.3 is 4.90 Å². The molecule has 1 atom stereocenters. The summed E-state index contributed by atoms with van der Waals surface area (Å²) in [5.74, 6) is 0.00631. The number of carbonyl (C=O) groups is 1. The topological polar surface area (TPSA) is 66.5 Å². The molecule has 0 aromatic heterocycles. The molecule has 0 saturated carbocycles. The van der Waals surface area contributed by atoms with Crippen LogP contribution in [-0.2, 0) is 14.8 Å². The van der Waals surface area contributed by atoms with Crippen LogP contribution in [-0.4, -0.2) is 38.9 Å². The highest BCUT2D eigenvalue weighted by molar-refractivity contribution is 7.89. The Morgan fingerprint density at radius 3 is 2.23 bits per heavy atom. The Morgan fingerprint density at radius 1 is 1.23 bits per heavy atom. The van der Waals surface area contributed by atoms with Crippen LogP contribution in [0.25, 0.3) is 0 Å². The minimum absolute atomic E-state index is 0.179. The first kappa shape index (κ1) is 18.6. The average molecular weight is 326 g/mol. The third kappa shape index (κ3) is 5.10. The van der Waals surface area contributed by atoms with Crippen molar-refractivity contribution < 1.29 is 13.2 Å². The summed E-state index contributed by atoms with van der Waals surface area (Å²) < 4.78 is 27.5. The first-order valence-electron chi connectivity index (χ1n) is 7.51. The van der Waals surface area contributed by atoms with Crippen molar-refractivity contribution >= 4 is 15.9 Å². The third-order valence-corrected chi connectivity index (χ3v) is 4.97. The van der Waals surface area contributed by atoms with Crippen LogP contribution in [0.4, 0.5) is 0 Å². The number of hydrogen-bond acceptors (Lipinski definition) is 3. The molecule has 1 aromatic rings. The molecule has 0 aliphatic carbocycles. The Labute approximate surface area is 133 Å². The van der Waals surface area contributed by atoms with Gasteiger partial charge in [0.2, 0.25) is 15.9 Å². The number of aryl methyl sites for hydroxylation is 1. The highest BCUT2D eigenvalue weighted by Gasteiger charge is 2.28. The zero-order chi connectivity index (χ0) is 16.9. The van der Waals surface area contributed by atoms with Gasteiger partial charge in [0.1, 0.15) is 6.04 Å². The number of nitrogens with zero attached hydrogens (tertiary/aromatic N) is 1. The van der Waals surface area contributed by atoms with Crippen LogP contribution in [0.3, 0.4) is 0 Å². The van der Waals surface area contributed by atoms with Crippen LogP contribution in [0.15, 0.2) is 29.2 Å². The van der Waals surface area contributed by atoms with E-state index < -0.39 is 16.1 Å². The van der Waals surface area contributed by atoms with Crippen molar-refractivity contribution in [3.05, 3.63) is 29.8 Å². The summed E-state index contributed by atoms with van der Waals surface area (Å²) in [6.45, 7) is 8.22. The normalized spacial score (nSPS) is 13.2. The molecule has 1 rings (SSSR count). The molecule has 0 spiro atoms. The van der Waals surface area contributed by atoms with E-state index in [9.17, 15) is 13.2 Å². The smallest absolute Gasteiger partial charge is 0.241 e. The molecule has 0 bridgehead atoms. The summed E-state index contributed by atoms with van der Waals surface area (Å²) in [5.41, 5.74) is 0.986. The van der Waals surface area contributed by atoms with Gasteiger partial charge >= 0.3 is 0 Å². The summed E-state index contributed by atoms with van der Waals surface area (Å²) in [6, 6.07) is 5.85. The van der Waals surface area contributed by atoms with Gasteiger partial charge in [-0.3, -0.25) is 4.79 Å². The van der Waals surface area contributed by atoms with E-state index >= 15 is 0 Å². The number of amides is 1. The fourth-order valence-corrected chi connectivity index (χ4v) is 3.27. The number of carbonyl (C=O) groups excluding carboxylic acids is 1. The predicted molar refractivity (Wildman–Crippen MR) is 88.1 cm³/mol. The zero-order valence-electron chi connectivity index (χ0n) is 14.0. The van der Waals surface area contributed by atoms with Crippen molar-refractivity contribution in [1.82, 2.24) is 9.62 Å². The van der Waals surface area contributed by atoms with Gasteiger partial charge in [-0.05, 0) is 38.3 Å². The van der Waals surface area contributed by atoms with Crippen molar-refractivity contribution in [3.8, 4) is 0 Å². The maximum absolute atomic E-state index is 12.5. The van der Waals surface area contributed by atoms with Gasteiger partial charge in [0.15, 0.2) is 0 Å². The molecule has 1 aromatic carbocycles. The Hall–Kier alpha value is -1.40. The number of benzene rings is 1. The second-order valence-corrected chi connectivity index (χ2v) is 7.68. The maximum atomic E-state index is 12.5. The second-order valence-electron chi connectivity index (χ2n) is 5.97. The molecule has 0 radical (unpaired) electrons. The molecule has 5 nitrogen and oxygen atoms in total. The lowest BCUT2D eigenvalue weighted by atomic mass is 10.0. The van der Waals surface area contributed by atoms with Crippen LogP contribution in [0.2, 0.25) is 0 Å². The van der Waals surface area contributed by atoms with E-state index in [0.717, 1.165) is 5.56 Å². The van der Waals surface area contributed by atoms with Crippen LogP contribution in [0.1, 0.15) is 32.8 Å². The van der Waals surface area contributed by atoms with Gasteiger partial charge in [0.05, 0.1) is 4.90 Å². The summed E-state index contributed by atoms with van der Waals surface area (Å²) in [6.07, 6.45) is 0.467. The van der Waals surface area contributed by atoms with Crippen molar-refractivity contribution in [1.29, 1.82) is 0 Å². The fourth-order valence-electron chi connectivity index (χ4n) is 2.07. The van der Waals surface area contributed by atoms with Gasteiger partial charge in [-0.1, -0.05) is 31.5 Å². The molecule has 1 unspecified atom stereocenters. The predicted octanol–water partition coefficient (Wildman–Crippen LogP) is 2.17. The average Bonchev–Trinajstić information content (AvgIpc) is 2.44. The third-order valence-electron chi connectivity index (χ3n) is 3.48.